The van der Waals surface area contributed by atoms with Gasteiger partial charge in [-0.15, -0.1) is 0 Å². The molecule has 0 radical (unpaired) electrons. The summed E-state index contributed by atoms with van der Waals surface area (Å²) in [6.45, 7) is 4.49. The first-order valence-corrected chi connectivity index (χ1v) is 6.39. The predicted octanol–water partition coefficient (Wildman–Crippen LogP) is -0.306. The lowest BCUT2D eigenvalue weighted by Crippen LogP contribution is -2.43. The van der Waals surface area contributed by atoms with Gasteiger partial charge in [0.15, 0.2) is 0 Å². The molecule has 0 bridgehead atoms. The van der Waals surface area contributed by atoms with Crippen molar-refractivity contribution in [2.45, 2.75) is 25.0 Å². The van der Waals surface area contributed by atoms with Gasteiger partial charge in [-0.1, -0.05) is 0 Å². The molecule has 0 aromatic heterocycles. The van der Waals surface area contributed by atoms with Gasteiger partial charge >= 0.3 is 0 Å². The molecule has 17 heavy (non-hydrogen) atoms. The normalized spacial score (nSPS) is 19.8. The SMILES string of the molecule is COCCNCC(O)CN(C)C1CCOCC1. The molecule has 2 N–H and O–H groups in total. The van der Waals surface area contributed by atoms with Gasteiger partial charge in [-0.3, -0.25) is 0 Å². The number of rotatable bonds is 8. The molecule has 1 unspecified atom stereocenters. The van der Waals surface area contributed by atoms with Crippen molar-refractivity contribution < 1.29 is 14.6 Å². The quantitative estimate of drug-likeness (QED) is 0.576. The topological polar surface area (TPSA) is 54.0 Å². The zero-order valence-electron chi connectivity index (χ0n) is 11.0. The molecule has 0 aromatic carbocycles. The highest BCUT2D eigenvalue weighted by Gasteiger charge is 2.20. The first kappa shape index (κ1) is 14.9. The average Bonchev–Trinajstić information content (AvgIpc) is 2.36. The summed E-state index contributed by atoms with van der Waals surface area (Å²) < 4.78 is 10.3. The van der Waals surface area contributed by atoms with Crippen molar-refractivity contribution in [1.29, 1.82) is 0 Å². The van der Waals surface area contributed by atoms with E-state index < -0.39 is 0 Å². The van der Waals surface area contributed by atoms with Crippen molar-refractivity contribution >= 4 is 0 Å². The van der Waals surface area contributed by atoms with Gasteiger partial charge < -0.3 is 24.8 Å². The van der Waals surface area contributed by atoms with Gasteiger partial charge in [-0.2, -0.15) is 0 Å². The summed E-state index contributed by atoms with van der Waals surface area (Å²) in [5.74, 6) is 0. The molecule has 1 rings (SSSR count). The molecule has 0 saturated carbocycles. The third-order valence-electron chi connectivity index (χ3n) is 3.18. The second-order valence-corrected chi connectivity index (χ2v) is 4.63. The van der Waals surface area contributed by atoms with Crippen LogP contribution in [0.3, 0.4) is 0 Å². The number of methoxy groups -OCH3 is 1. The highest BCUT2D eigenvalue weighted by atomic mass is 16.5. The number of nitrogens with zero attached hydrogens (tertiary/aromatic N) is 1. The minimum absolute atomic E-state index is 0.320. The van der Waals surface area contributed by atoms with E-state index in [9.17, 15) is 5.11 Å². The van der Waals surface area contributed by atoms with E-state index in [1.807, 2.05) is 0 Å². The molecule has 1 aliphatic rings. The molecular weight excluding hydrogens is 220 g/mol. The maximum atomic E-state index is 9.87. The third kappa shape index (κ3) is 6.33. The van der Waals surface area contributed by atoms with E-state index in [2.05, 4.69) is 17.3 Å². The van der Waals surface area contributed by atoms with Gasteiger partial charge in [0, 0.05) is 46.0 Å². The molecule has 1 aliphatic heterocycles. The number of hydrogen-bond acceptors (Lipinski definition) is 5. The van der Waals surface area contributed by atoms with Crippen LogP contribution in [0, 0.1) is 0 Å². The summed E-state index contributed by atoms with van der Waals surface area (Å²) in [5.41, 5.74) is 0. The summed E-state index contributed by atoms with van der Waals surface area (Å²) in [4.78, 5) is 2.24. The fraction of sp³-hybridized carbons (Fsp3) is 1.00. The Balaban J connectivity index is 2.09. The van der Waals surface area contributed by atoms with Crippen molar-refractivity contribution in [3.63, 3.8) is 0 Å². The number of likely N-dealkylation sites (N-methyl/N-ethyl adjacent to an activating group) is 1. The Morgan fingerprint density at radius 3 is 2.82 bits per heavy atom. The highest BCUT2D eigenvalue weighted by Crippen LogP contribution is 2.12. The zero-order valence-corrected chi connectivity index (χ0v) is 11.0. The Labute approximate surface area is 104 Å². The van der Waals surface area contributed by atoms with Gasteiger partial charge in [-0.25, -0.2) is 0 Å². The molecular formula is C12H26N2O3. The molecule has 102 valence electrons. The maximum absolute atomic E-state index is 9.87. The molecule has 1 atom stereocenters. The standard InChI is InChI=1S/C12H26N2O3/c1-14(11-3-6-17-7-4-11)10-12(15)9-13-5-8-16-2/h11-13,15H,3-10H2,1-2H3. The molecule has 0 aliphatic carbocycles. The Morgan fingerprint density at radius 1 is 1.47 bits per heavy atom. The molecule has 1 saturated heterocycles. The second kappa shape index (κ2) is 8.83. The van der Waals surface area contributed by atoms with Crippen LogP contribution in [0.25, 0.3) is 0 Å². The number of nitrogens with one attached hydrogen (secondary N) is 1. The minimum atomic E-state index is -0.320. The first-order chi connectivity index (χ1) is 8.24. The molecule has 5 heteroatoms. The number of aliphatic hydroxyl groups excluding tert-OH is 1. The van der Waals surface area contributed by atoms with Gasteiger partial charge in [0.1, 0.15) is 0 Å². The van der Waals surface area contributed by atoms with Crippen molar-refractivity contribution in [3.05, 3.63) is 0 Å². The third-order valence-corrected chi connectivity index (χ3v) is 3.18. The van der Waals surface area contributed by atoms with Crippen LogP contribution < -0.4 is 5.32 Å². The number of hydrogen-bond donors (Lipinski definition) is 2. The fourth-order valence-electron chi connectivity index (χ4n) is 2.11. The van der Waals surface area contributed by atoms with Crippen LogP contribution in [0.2, 0.25) is 0 Å². The Morgan fingerprint density at radius 2 is 2.18 bits per heavy atom. The van der Waals surface area contributed by atoms with Crippen molar-refractivity contribution in [3.8, 4) is 0 Å². The van der Waals surface area contributed by atoms with Crippen molar-refractivity contribution in [2.24, 2.45) is 0 Å². The minimum Gasteiger partial charge on any atom is -0.390 e. The van der Waals surface area contributed by atoms with Crippen LogP contribution in [0.15, 0.2) is 0 Å². The van der Waals surface area contributed by atoms with E-state index in [1.165, 1.54) is 0 Å². The number of aliphatic hydroxyl groups is 1. The largest absolute Gasteiger partial charge is 0.390 e. The maximum Gasteiger partial charge on any atom is 0.0791 e. The summed E-state index contributed by atoms with van der Waals surface area (Å²) in [7, 11) is 3.76. The summed E-state index contributed by atoms with van der Waals surface area (Å²) >= 11 is 0. The van der Waals surface area contributed by atoms with E-state index in [0.29, 0.717) is 25.7 Å². The Hall–Kier alpha value is -0.200. The monoisotopic (exact) mass is 246 g/mol. The van der Waals surface area contributed by atoms with Crippen LogP contribution in [-0.2, 0) is 9.47 Å². The lowest BCUT2D eigenvalue weighted by molar-refractivity contribution is 0.0255. The van der Waals surface area contributed by atoms with Gasteiger partial charge in [0.2, 0.25) is 0 Å². The van der Waals surface area contributed by atoms with E-state index in [1.54, 1.807) is 7.11 Å². The van der Waals surface area contributed by atoms with E-state index in [0.717, 1.165) is 32.6 Å². The van der Waals surface area contributed by atoms with E-state index in [4.69, 9.17) is 9.47 Å². The van der Waals surface area contributed by atoms with Gasteiger partial charge in [0.05, 0.1) is 12.7 Å². The predicted molar refractivity (Wildman–Crippen MR) is 67.2 cm³/mol. The Bertz CT molecular complexity index is 187. The Kier molecular flexibility index (Phi) is 7.72. The smallest absolute Gasteiger partial charge is 0.0791 e. The van der Waals surface area contributed by atoms with Crippen LogP contribution in [0.1, 0.15) is 12.8 Å². The summed E-state index contributed by atoms with van der Waals surface area (Å²) in [6.07, 6.45) is 1.82. The highest BCUT2D eigenvalue weighted by molar-refractivity contribution is 4.74. The lowest BCUT2D eigenvalue weighted by Gasteiger charge is -2.32. The van der Waals surface area contributed by atoms with E-state index >= 15 is 0 Å². The lowest BCUT2D eigenvalue weighted by atomic mass is 10.1. The molecule has 0 aromatic rings. The number of ether oxygens (including phenoxy) is 2. The summed E-state index contributed by atoms with van der Waals surface area (Å²) in [6, 6.07) is 0.553. The molecule has 0 amide bonds. The second-order valence-electron chi connectivity index (χ2n) is 4.63. The average molecular weight is 246 g/mol. The van der Waals surface area contributed by atoms with Crippen LogP contribution in [0.4, 0.5) is 0 Å². The molecule has 1 fully saturated rings. The zero-order chi connectivity index (χ0) is 12.5. The van der Waals surface area contributed by atoms with E-state index in [-0.39, 0.29) is 6.10 Å². The van der Waals surface area contributed by atoms with Crippen LogP contribution >= 0.6 is 0 Å². The van der Waals surface area contributed by atoms with Crippen LogP contribution in [0.5, 0.6) is 0 Å². The van der Waals surface area contributed by atoms with Gasteiger partial charge in [0.25, 0.3) is 0 Å². The van der Waals surface area contributed by atoms with Crippen molar-refractivity contribution in [2.75, 3.05) is 53.6 Å². The molecule has 0 spiro atoms. The van der Waals surface area contributed by atoms with Crippen LogP contribution in [-0.4, -0.2) is 75.8 Å². The molecule has 1 heterocycles. The van der Waals surface area contributed by atoms with Crippen molar-refractivity contribution in [1.82, 2.24) is 10.2 Å². The fourth-order valence-corrected chi connectivity index (χ4v) is 2.11. The van der Waals surface area contributed by atoms with Gasteiger partial charge in [-0.05, 0) is 19.9 Å². The first-order valence-electron chi connectivity index (χ1n) is 6.39. The molecule has 5 nitrogen and oxygen atoms in total. The summed E-state index contributed by atoms with van der Waals surface area (Å²) in [5, 5.41) is 13.0.